The van der Waals surface area contributed by atoms with Gasteiger partial charge < -0.3 is 9.88 Å². The molecule has 0 unspecified atom stereocenters. The highest BCUT2D eigenvalue weighted by Gasteiger charge is 2.57. The predicted octanol–water partition coefficient (Wildman–Crippen LogP) is 4.13. The number of nitrogens with one attached hydrogen (secondary N) is 1. The van der Waals surface area contributed by atoms with Gasteiger partial charge in [-0.3, -0.25) is 14.6 Å². The molecule has 4 rings (SSSR count). The average Bonchev–Trinajstić information content (AvgIpc) is 3.33. The standard InChI is InChI=1S/C25H35N5O2/c1-4-5-13-30-24(32)29(17-19(2)3)23(31)25(30)11-14-28(15-12-25)18-21-16-26-22(27-21)20-9-7-6-8-10-20/h6-10,16,19H,4-5,11-15,17-18H2,1-3H3,(H,26,27). The lowest BCUT2D eigenvalue weighted by molar-refractivity contribution is -0.136. The second-order valence-corrected chi connectivity index (χ2v) is 9.53. The number of unbranched alkanes of at least 4 members (excludes halogenated alkanes) is 1. The lowest BCUT2D eigenvalue weighted by atomic mass is 9.85. The summed E-state index contributed by atoms with van der Waals surface area (Å²) in [6, 6.07) is 10.0. The smallest absolute Gasteiger partial charge is 0.327 e. The molecule has 32 heavy (non-hydrogen) atoms. The largest absolute Gasteiger partial charge is 0.341 e. The number of aromatic nitrogens is 2. The molecule has 1 N–H and O–H groups in total. The van der Waals surface area contributed by atoms with Crippen molar-refractivity contribution < 1.29 is 9.59 Å². The highest BCUT2D eigenvalue weighted by atomic mass is 16.2. The van der Waals surface area contributed by atoms with E-state index >= 15 is 0 Å². The molecule has 0 saturated carbocycles. The number of H-pyrrole nitrogens is 1. The van der Waals surface area contributed by atoms with Crippen LogP contribution in [0.1, 0.15) is 52.1 Å². The van der Waals surface area contributed by atoms with Crippen LogP contribution in [0.15, 0.2) is 36.5 Å². The summed E-state index contributed by atoms with van der Waals surface area (Å²) in [5, 5.41) is 0. The van der Waals surface area contributed by atoms with E-state index in [0.29, 0.717) is 25.9 Å². The number of urea groups is 1. The molecule has 3 heterocycles. The maximum absolute atomic E-state index is 13.5. The van der Waals surface area contributed by atoms with Crippen LogP contribution in [0.2, 0.25) is 0 Å². The third-order valence-corrected chi connectivity index (χ3v) is 6.66. The Balaban J connectivity index is 1.44. The SMILES string of the molecule is CCCCN1C(=O)N(CC(C)C)C(=O)C12CCN(Cc1cnc(-c3ccccc3)[nH]1)CC2. The van der Waals surface area contributed by atoms with Gasteiger partial charge in [-0.25, -0.2) is 9.78 Å². The zero-order valence-corrected chi connectivity index (χ0v) is 19.5. The highest BCUT2D eigenvalue weighted by molar-refractivity contribution is 6.07. The Bertz CT molecular complexity index is 931. The Kier molecular flexibility index (Phi) is 6.65. The number of imidazole rings is 1. The van der Waals surface area contributed by atoms with E-state index in [-0.39, 0.29) is 17.9 Å². The molecule has 1 spiro atoms. The summed E-state index contributed by atoms with van der Waals surface area (Å²) >= 11 is 0. The van der Waals surface area contributed by atoms with E-state index in [9.17, 15) is 9.59 Å². The summed E-state index contributed by atoms with van der Waals surface area (Å²) in [6.07, 6.45) is 5.21. The summed E-state index contributed by atoms with van der Waals surface area (Å²) in [7, 11) is 0. The van der Waals surface area contributed by atoms with Crippen molar-refractivity contribution in [2.45, 2.75) is 58.5 Å². The fourth-order valence-corrected chi connectivity index (χ4v) is 4.92. The van der Waals surface area contributed by atoms with E-state index in [2.05, 4.69) is 35.6 Å². The van der Waals surface area contributed by atoms with Crippen molar-refractivity contribution in [3.63, 3.8) is 0 Å². The molecule has 0 atom stereocenters. The molecule has 7 heteroatoms. The van der Waals surface area contributed by atoms with Crippen LogP contribution in [0, 0.1) is 5.92 Å². The van der Waals surface area contributed by atoms with Crippen molar-refractivity contribution in [3.8, 4) is 11.4 Å². The molecular formula is C25H35N5O2. The number of likely N-dealkylation sites (tertiary alicyclic amines) is 1. The van der Waals surface area contributed by atoms with Crippen molar-refractivity contribution >= 4 is 11.9 Å². The summed E-state index contributed by atoms with van der Waals surface area (Å²) in [4.78, 5) is 40.3. The first-order valence-corrected chi connectivity index (χ1v) is 11.9. The van der Waals surface area contributed by atoms with Crippen LogP contribution >= 0.6 is 0 Å². The Labute approximate surface area is 190 Å². The molecule has 172 valence electrons. The van der Waals surface area contributed by atoms with Crippen molar-refractivity contribution in [2.24, 2.45) is 5.92 Å². The van der Waals surface area contributed by atoms with E-state index in [1.165, 1.54) is 4.90 Å². The van der Waals surface area contributed by atoms with Crippen molar-refractivity contribution in [2.75, 3.05) is 26.2 Å². The fourth-order valence-electron chi connectivity index (χ4n) is 4.92. The molecule has 1 aromatic carbocycles. The molecule has 0 aliphatic carbocycles. The predicted molar refractivity (Wildman–Crippen MR) is 125 cm³/mol. The van der Waals surface area contributed by atoms with Crippen molar-refractivity contribution in [1.82, 2.24) is 24.7 Å². The second-order valence-electron chi connectivity index (χ2n) is 9.53. The summed E-state index contributed by atoms with van der Waals surface area (Å²) in [6.45, 7) is 9.74. The Morgan fingerprint density at radius 2 is 1.84 bits per heavy atom. The lowest BCUT2D eigenvalue weighted by Crippen LogP contribution is -2.56. The third kappa shape index (κ3) is 4.31. The molecule has 2 fully saturated rings. The molecule has 0 radical (unpaired) electrons. The number of hydrogen-bond acceptors (Lipinski definition) is 4. The summed E-state index contributed by atoms with van der Waals surface area (Å²) < 4.78 is 0. The normalized spacial score (nSPS) is 19.0. The number of amides is 3. The van der Waals surface area contributed by atoms with Gasteiger partial charge in [0.1, 0.15) is 11.4 Å². The monoisotopic (exact) mass is 437 g/mol. The van der Waals surface area contributed by atoms with Gasteiger partial charge in [-0.05, 0) is 25.2 Å². The third-order valence-electron chi connectivity index (χ3n) is 6.66. The lowest BCUT2D eigenvalue weighted by Gasteiger charge is -2.42. The molecular weight excluding hydrogens is 402 g/mol. The molecule has 2 saturated heterocycles. The molecule has 1 aromatic heterocycles. The number of carbonyl (C=O) groups excluding carboxylic acids is 2. The number of piperidine rings is 1. The van der Waals surface area contributed by atoms with Gasteiger partial charge in [0.25, 0.3) is 5.91 Å². The first-order valence-electron chi connectivity index (χ1n) is 11.9. The number of nitrogens with zero attached hydrogens (tertiary/aromatic N) is 4. The van der Waals surface area contributed by atoms with Crippen molar-refractivity contribution in [1.29, 1.82) is 0 Å². The molecule has 0 bridgehead atoms. The first kappa shape index (κ1) is 22.5. The number of hydrogen-bond donors (Lipinski definition) is 1. The minimum absolute atomic E-state index is 0.0138. The van der Waals surface area contributed by atoms with Crippen LogP contribution < -0.4 is 0 Å². The van der Waals surface area contributed by atoms with Crippen LogP contribution in [-0.2, 0) is 11.3 Å². The van der Waals surface area contributed by atoms with Gasteiger partial charge in [0.2, 0.25) is 0 Å². The molecule has 2 aromatic rings. The first-order chi connectivity index (χ1) is 15.4. The van der Waals surface area contributed by atoms with E-state index in [1.54, 1.807) is 0 Å². The Morgan fingerprint density at radius 1 is 1.12 bits per heavy atom. The molecule has 7 nitrogen and oxygen atoms in total. The minimum atomic E-state index is -0.666. The molecule has 2 aliphatic heterocycles. The number of aromatic amines is 1. The van der Waals surface area contributed by atoms with E-state index < -0.39 is 5.54 Å². The van der Waals surface area contributed by atoms with Gasteiger partial charge in [-0.1, -0.05) is 57.5 Å². The number of carbonyl (C=O) groups is 2. The van der Waals surface area contributed by atoms with E-state index in [4.69, 9.17) is 0 Å². The van der Waals surface area contributed by atoms with E-state index in [1.807, 2.05) is 41.4 Å². The quantitative estimate of drug-likeness (QED) is 0.630. The maximum Gasteiger partial charge on any atom is 0.327 e. The summed E-state index contributed by atoms with van der Waals surface area (Å²) in [5.41, 5.74) is 1.47. The van der Waals surface area contributed by atoms with Gasteiger partial charge in [-0.15, -0.1) is 0 Å². The van der Waals surface area contributed by atoms with Crippen LogP contribution in [0.4, 0.5) is 4.79 Å². The van der Waals surface area contributed by atoms with Gasteiger partial charge >= 0.3 is 6.03 Å². The number of imide groups is 1. The van der Waals surface area contributed by atoms with Crippen LogP contribution in [0.3, 0.4) is 0 Å². The highest BCUT2D eigenvalue weighted by Crippen LogP contribution is 2.38. The zero-order valence-electron chi connectivity index (χ0n) is 19.5. The van der Waals surface area contributed by atoms with Crippen molar-refractivity contribution in [3.05, 3.63) is 42.2 Å². The molecule has 2 aliphatic rings. The van der Waals surface area contributed by atoms with Crippen LogP contribution in [0.25, 0.3) is 11.4 Å². The molecule has 3 amide bonds. The number of rotatable bonds is 8. The topological polar surface area (TPSA) is 72.5 Å². The van der Waals surface area contributed by atoms with Crippen LogP contribution in [-0.4, -0.2) is 68.3 Å². The zero-order chi connectivity index (χ0) is 22.7. The van der Waals surface area contributed by atoms with E-state index in [0.717, 1.165) is 49.6 Å². The fraction of sp³-hybridized carbons (Fsp3) is 0.560. The Hall–Kier alpha value is -2.67. The van der Waals surface area contributed by atoms with Gasteiger partial charge in [0.15, 0.2) is 0 Å². The van der Waals surface area contributed by atoms with Gasteiger partial charge in [0.05, 0.1) is 0 Å². The van der Waals surface area contributed by atoms with Gasteiger partial charge in [0, 0.05) is 50.2 Å². The van der Waals surface area contributed by atoms with Gasteiger partial charge in [-0.2, -0.15) is 0 Å². The maximum atomic E-state index is 13.5. The summed E-state index contributed by atoms with van der Waals surface area (Å²) in [5.74, 6) is 1.16. The number of benzene rings is 1. The Morgan fingerprint density at radius 3 is 2.50 bits per heavy atom. The van der Waals surface area contributed by atoms with Crippen LogP contribution in [0.5, 0.6) is 0 Å². The minimum Gasteiger partial charge on any atom is -0.341 e. The second kappa shape index (κ2) is 9.45. The average molecular weight is 438 g/mol.